The molecular formula is C38H38N10O4S2. The van der Waals surface area contributed by atoms with Crippen LogP contribution in [0, 0.1) is 0 Å². The van der Waals surface area contributed by atoms with Crippen LogP contribution in [0.5, 0.6) is 11.5 Å². The van der Waals surface area contributed by atoms with Gasteiger partial charge in [-0.05, 0) is 61.4 Å². The van der Waals surface area contributed by atoms with Crippen molar-refractivity contribution in [2.24, 2.45) is 10.2 Å². The second kappa shape index (κ2) is 19.6. The quantitative estimate of drug-likeness (QED) is 0.197. The Morgan fingerprint density at radius 3 is 1.43 bits per heavy atom. The zero-order valence-electron chi connectivity index (χ0n) is 29.4. The van der Waals surface area contributed by atoms with Crippen LogP contribution in [-0.4, -0.2) is 103 Å². The van der Waals surface area contributed by atoms with E-state index in [1.807, 2.05) is 72.8 Å². The van der Waals surface area contributed by atoms with Crippen molar-refractivity contribution in [3.63, 3.8) is 0 Å². The molecule has 0 amide bonds. The predicted octanol–water partition coefficient (Wildman–Crippen LogP) is 6.23. The van der Waals surface area contributed by atoms with Crippen LogP contribution < -0.4 is 9.47 Å². The Morgan fingerprint density at radius 2 is 0.963 bits per heavy atom. The summed E-state index contributed by atoms with van der Waals surface area (Å²) in [6.07, 6.45) is 12.4. The van der Waals surface area contributed by atoms with Gasteiger partial charge in [-0.3, -0.25) is 9.97 Å². The number of nitrogens with zero attached hydrogens (tertiary/aromatic N) is 10. The topological polar surface area (TPSA) is 149 Å². The minimum Gasteiger partial charge on any atom is -0.491 e. The van der Waals surface area contributed by atoms with Gasteiger partial charge in [-0.15, -0.1) is 20.4 Å². The Kier molecular flexibility index (Phi) is 13.4. The van der Waals surface area contributed by atoms with Crippen LogP contribution >= 0.6 is 23.5 Å². The number of rotatable bonds is 2. The van der Waals surface area contributed by atoms with Crippen molar-refractivity contribution in [2.75, 3.05) is 51.1 Å². The maximum absolute atomic E-state index is 6.07. The molecule has 6 aromatic rings. The lowest BCUT2D eigenvalue weighted by Gasteiger charge is -2.11. The number of para-hydroxylation sites is 2. The van der Waals surface area contributed by atoms with Crippen LogP contribution in [0.3, 0.4) is 0 Å². The lowest BCUT2D eigenvalue weighted by Crippen LogP contribution is -2.14. The lowest BCUT2D eigenvalue weighted by atomic mass is 10.2. The molecule has 2 aromatic carbocycles. The molecule has 0 aliphatic carbocycles. The van der Waals surface area contributed by atoms with E-state index < -0.39 is 0 Å². The van der Waals surface area contributed by atoms with Crippen molar-refractivity contribution in [1.82, 2.24) is 39.7 Å². The molecule has 0 spiro atoms. The van der Waals surface area contributed by atoms with Crippen LogP contribution in [0.1, 0.15) is 24.0 Å². The number of fused-ring (bicyclic) bond motifs is 4. The number of thioether (sulfide) groups is 2. The summed E-state index contributed by atoms with van der Waals surface area (Å²) in [5, 5.41) is 29.0. The Morgan fingerprint density at radius 1 is 0.500 bits per heavy atom. The zero-order chi connectivity index (χ0) is 36.6. The van der Waals surface area contributed by atoms with Gasteiger partial charge in [0.1, 0.15) is 24.7 Å². The fourth-order valence-electron chi connectivity index (χ4n) is 5.22. The first-order valence-corrected chi connectivity index (χ1v) is 19.5. The number of aromatic nitrogens is 8. The standard InChI is InChI=1S/C38H38N10O4S2/c1-3-13-33-29(9-1)27-41-47-35(31-11-7-15-39-25-31)43-45-37(47)53-23-5-6-24-54-38-46-44-36(32-12-8-16-40-26-32)48(38)42-28-30-10-2-4-14-34(30)52-22-20-50-18-17-49-19-21-51-33/h1-4,7-16,25-28H,5-6,17-24H2/b41-27-,42-28-. The highest BCUT2D eigenvalue weighted by atomic mass is 32.2. The first-order valence-electron chi connectivity index (χ1n) is 17.5. The minimum absolute atomic E-state index is 0.375. The van der Waals surface area contributed by atoms with Crippen LogP contribution in [0.15, 0.2) is 118 Å². The molecule has 5 heterocycles. The normalized spacial score (nSPS) is 16.4. The second-order valence-corrected chi connectivity index (χ2v) is 13.7. The molecular weight excluding hydrogens is 725 g/mol. The monoisotopic (exact) mass is 762 g/mol. The molecule has 0 N–H and O–H groups in total. The van der Waals surface area contributed by atoms with Crippen LogP contribution in [-0.2, 0) is 9.47 Å². The summed E-state index contributed by atoms with van der Waals surface area (Å²) >= 11 is 3.20. The Hall–Kier alpha value is -5.42. The van der Waals surface area contributed by atoms with E-state index in [1.165, 1.54) is 0 Å². The molecule has 1 aliphatic heterocycles. The minimum atomic E-state index is 0.375. The summed E-state index contributed by atoms with van der Waals surface area (Å²) in [7, 11) is 0. The highest BCUT2D eigenvalue weighted by Gasteiger charge is 2.17. The Labute approximate surface area is 321 Å². The molecule has 0 radical (unpaired) electrons. The molecule has 16 heteroatoms. The third kappa shape index (κ3) is 9.96. The number of pyridine rings is 2. The van der Waals surface area contributed by atoms with Gasteiger partial charge < -0.3 is 18.9 Å². The van der Waals surface area contributed by atoms with E-state index in [0.29, 0.717) is 73.1 Å². The lowest BCUT2D eigenvalue weighted by molar-refractivity contribution is 0.0273. The van der Waals surface area contributed by atoms with Gasteiger partial charge in [0.25, 0.3) is 0 Å². The summed E-state index contributed by atoms with van der Waals surface area (Å²) in [5.41, 5.74) is 3.27. The fraction of sp³-hybridized carbons (Fsp3) is 0.263. The van der Waals surface area contributed by atoms with E-state index >= 15 is 0 Å². The second-order valence-electron chi connectivity index (χ2n) is 11.6. The van der Waals surface area contributed by atoms with Crippen molar-refractivity contribution in [1.29, 1.82) is 0 Å². The first-order chi connectivity index (χ1) is 26.8. The van der Waals surface area contributed by atoms with E-state index in [4.69, 9.17) is 29.2 Å². The third-order valence-electron chi connectivity index (χ3n) is 7.87. The van der Waals surface area contributed by atoms with Crippen LogP contribution in [0.4, 0.5) is 0 Å². The Bertz CT molecular complexity index is 1980. The molecule has 1 aliphatic rings. The fourth-order valence-corrected chi connectivity index (χ4v) is 6.99. The average Bonchev–Trinajstić information content (AvgIpc) is 3.82. The number of hydrogen-bond acceptors (Lipinski definition) is 14. The molecule has 7 rings (SSSR count). The first kappa shape index (κ1) is 36.9. The van der Waals surface area contributed by atoms with Gasteiger partial charge >= 0.3 is 0 Å². The van der Waals surface area contributed by atoms with Crippen LogP contribution in [0.25, 0.3) is 22.8 Å². The molecule has 14 nitrogen and oxygen atoms in total. The van der Waals surface area contributed by atoms with Crippen molar-refractivity contribution in [3.05, 3.63) is 109 Å². The molecule has 0 atom stereocenters. The van der Waals surface area contributed by atoms with E-state index in [9.17, 15) is 0 Å². The van der Waals surface area contributed by atoms with Crippen molar-refractivity contribution >= 4 is 36.0 Å². The number of benzene rings is 2. The maximum atomic E-state index is 6.07. The summed E-state index contributed by atoms with van der Waals surface area (Å²) in [4.78, 5) is 8.56. The molecule has 4 aromatic heterocycles. The van der Waals surface area contributed by atoms with Gasteiger partial charge in [-0.2, -0.15) is 19.6 Å². The molecule has 0 fully saturated rings. The van der Waals surface area contributed by atoms with E-state index in [0.717, 1.165) is 46.6 Å². The molecule has 0 unspecified atom stereocenters. The average molecular weight is 763 g/mol. The molecule has 0 saturated carbocycles. The number of ether oxygens (including phenoxy) is 4. The summed E-state index contributed by atoms with van der Waals surface area (Å²) in [6, 6.07) is 23.1. The van der Waals surface area contributed by atoms with Gasteiger partial charge in [0, 0.05) is 58.5 Å². The van der Waals surface area contributed by atoms with E-state index in [2.05, 4.69) is 30.4 Å². The highest BCUT2D eigenvalue weighted by Crippen LogP contribution is 2.28. The molecule has 0 bridgehead atoms. The summed E-state index contributed by atoms with van der Waals surface area (Å²) in [5.74, 6) is 4.23. The highest BCUT2D eigenvalue weighted by molar-refractivity contribution is 7.99. The van der Waals surface area contributed by atoms with Gasteiger partial charge in [0.15, 0.2) is 11.6 Å². The molecule has 276 valence electrons. The predicted molar refractivity (Wildman–Crippen MR) is 209 cm³/mol. The largest absolute Gasteiger partial charge is 0.491 e. The summed E-state index contributed by atoms with van der Waals surface area (Å²) in [6.45, 7) is 2.42. The van der Waals surface area contributed by atoms with Crippen molar-refractivity contribution in [2.45, 2.75) is 23.2 Å². The van der Waals surface area contributed by atoms with Gasteiger partial charge in [0.2, 0.25) is 10.3 Å². The van der Waals surface area contributed by atoms with Crippen molar-refractivity contribution < 1.29 is 18.9 Å². The van der Waals surface area contributed by atoms with Gasteiger partial charge in [-0.25, -0.2) is 0 Å². The SMILES string of the molecule is C1=N\n2c(nnc2-c2cccnc2)SCCCCSc2nnc(-c3cccnc3)n2/N=C\c2ccccc2OCCOCCOCCOc2ccccc2/1. The summed E-state index contributed by atoms with van der Waals surface area (Å²) < 4.78 is 27.2. The Balaban J connectivity index is 1.11. The van der Waals surface area contributed by atoms with Crippen molar-refractivity contribution in [3.8, 4) is 34.3 Å². The van der Waals surface area contributed by atoms with Gasteiger partial charge in [0.05, 0.1) is 38.9 Å². The maximum Gasteiger partial charge on any atom is 0.212 e. The van der Waals surface area contributed by atoms with Crippen LogP contribution in [0.2, 0.25) is 0 Å². The van der Waals surface area contributed by atoms with Gasteiger partial charge in [-0.1, -0.05) is 47.8 Å². The van der Waals surface area contributed by atoms with E-state index in [1.54, 1.807) is 70.1 Å². The molecule has 54 heavy (non-hydrogen) atoms. The molecule has 0 saturated heterocycles. The third-order valence-corrected chi connectivity index (χ3v) is 9.88. The zero-order valence-corrected chi connectivity index (χ0v) is 31.0. The smallest absolute Gasteiger partial charge is 0.212 e. The van der Waals surface area contributed by atoms with E-state index in [-0.39, 0.29) is 0 Å². The number of hydrogen-bond donors (Lipinski definition) is 0.